The van der Waals surface area contributed by atoms with Crippen molar-refractivity contribution >= 4 is 15.7 Å². The van der Waals surface area contributed by atoms with E-state index in [4.69, 9.17) is 4.74 Å². The molecule has 0 bridgehead atoms. The van der Waals surface area contributed by atoms with Crippen LogP contribution in [0, 0.1) is 16.0 Å². The number of nitro benzene ring substituents is 1. The summed E-state index contributed by atoms with van der Waals surface area (Å²) in [5, 5.41) is 10.8. The number of hydrogen-bond acceptors (Lipinski definition) is 6. The molecule has 0 radical (unpaired) electrons. The zero-order chi connectivity index (χ0) is 17.7. The van der Waals surface area contributed by atoms with E-state index in [0.29, 0.717) is 13.2 Å². The van der Waals surface area contributed by atoms with Gasteiger partial charge >= 0.3 is 0 Å². The van der Waals surface area contributed by atoms with Crippen LogP contribution < -0.4 is 4.72 Å². The minimum absolute atomic E-state index is 0.0439. The lowest BCUT2D eigenvalue weighted by atomic mass is 10.0. The maximum atomic E-state index is 12.4. The van der Waals surface area contributed by atoms with Crippen LogP contribution in [0.25, 0.3) is 0 Å². The van der Waals surface area contributed by atoms with E-state index in [-0.39, 0.29) is 29.1 Å². The van der Waals surface area contributed by atoms with Crippen LogP contribution in [-0.4, -0.2) is 57.1 Å². The molecule has 1 atom stereocenters. The van der Waals surface area contributed by atoms with Crippen molar-refractivity contribution in [2.24, 2.45) is 5.92 Å². The van der Waals surface area contributed by atoms with Crippen molar-refractivity contribution in [2.45, 2.75) is 24.8 Å². The molecule has 1 heterocycles. The Hall–Kier alpha value is -1.55. The van der Waals surface area contributed by atoms with Crippen LogP contribution in [0.3, 0.4) is 0 Å². The molecule has 1 saturated heterocycles. The lowest BCUT2D eigenvalue weighted by molar-refractivity contribution is -0.385. The summed E-state index contributed by atoms with van der Waals surface area (Å²) in [6, 6.07) is 5.11. The van der Waals surface area contributed by atoms with Crippen LogP contribution in [0.4, 0.5) is 5.69 Å². The first kappa shape index (κ1) is 18.8. The molecule has 1 unspecified atom stereocenters. The second kappa shape index (κ2) is 8.02. The molecule has 8 nitrogen and oxygen atoms in total. The van der Waals surface area contributed by atoms with E-state index in [1.54, 1.807) is 0 Å². The molecule has 1 fully saturated rings. The molecule has 1 N–H and O–H groups in total. The third-order valence-corrected chi connectivity index (χ3v) is 5.53. The molecular formula is C15H23N3O5S. The van der Waals surface area contributed by atoms with Crippen LogP contribution in [0.5, 0.6) is 0 Å². The highest BCUT2D eigenvalue weighted by molar-refractivity contribution is 7.89. The molecule has 0 aromatic heterocycles. The fourth-order valence-corrected chi connectivity index (χ4v) is 3.83. The van der Waals surface area contributed by atoms with Gasteiger partial charge in [0.25, 0.3) is 5.69 Å². The smallest absolute Gasteiger partial charge is 0.270 e. The minimum atomic E-state index is -3.80. The van der Waals surface area contributed by atoms with Crippen molar-refractivity contribution in [3.8, 4) is 0 Å². The quantitative estimate of drug-likeness (QED) is 0.582. The fourth-order valence-electron chi connectivity index (χ4n) is 2.74. The average molecular weight is 357 g/mol. The van der Waals surface area contributed by atoms with Crippen molar-refractivity contribution in [3.05, 3.63) is 34.4 Å². The molecule has 0 aliphatic carbocycles. The zero-order valence-corrected chi connectivity index (χ0v) is 14.7. The standard InChI is InChI=1S/C15H23N3O5S/c1-12(2)15(17-6-8-23-9-7-17)11-16-24(21,22)14-5-3-4-13(10-14)18(19)20/h3-5,10,12,15-16H,6-9,11H2,1-2H3. The summed E-state index contributed by atoms with van der Waals surface area (Å²) < 4.78 is 32.8. The molecule has 0 spiro atoms. The van der Waals surface area contributed by atoms with Gasteiger partial charge in [-0.15, -0.1) is 0 Å². The Morgan fingerprint density at radius 2 is 2.00 bits per heavy atom. The van der Waals surface area contributed by atoms with Gasteiger partial charge in [0.15, 0.2) is 0 Å². The number of ether oxygens (including phenoxy) is 1. The summed E-state index contributed by atoms with van der Waals surface area (Å²) in [4.78, 5) is 12.3. The van der Waals surface area contributed by atoms with Crippen molar-refractivity contribution in [2.75, 3.05) is 32.8 Å². The number of nitrogens with one attached hydrogen (secondary N) is 1. The van der Waals surface area contributed by atoms with Gasteiger partial charge in [0.2, 0.25) is 10.0 Å². The van der Waals surface area contributed by atoms with Gasteiger partial charge in [-0.3, -0.25) is 15.0 Å². The summed E-state index contributed by atoms with van der Waals surface area (Å²) >= 11 is 0. The lowest BCUT2D eigenvalue weighted by Crippen LogP contribution is -2.51. The SMILES string of the molecule is CC(C)C(CNS(=O)(=O)c1cccc([N+](=O)[O-])c1)N1CCOCC1. The van der Waals surface area contributed by atoms with Gasteiger partial charge in [-0.2, -0.15) is 0 Å². The number of hydrogen-bond donors (Lipinski definition) is 1. The highest BCUT2D eigenvalue weighted by Gasteiger charge is 2.26. The Morgan fingerprint density at radius 1 is 1.33 bits per heavy atom. The summed E-state index contributed by atoms with van der Waals surface area (Å²) in [6.07, 6.45) is 0. The highest BCUT2D eigenvalue weighted by Crippen LogP contribution is 2.18. The van der Waals surface area contributed by atoms with E-state index in [9.17, 15) is 18.5 Å². The van der Waals surface area contributed by atoms with Crippen LogP contribution in [0.1, 0.15) is 13.8 Å². The molecule has 134 valence electrons. The topological polar surface area (TPSA) is 102 Å². The Morgan fingerprint density at radius 3 is 2.58 bits per heavy atom. The molecule has 9 heteroatoms. The minimum Gasteiger partial charge on any atom is -0.379 e. The summed E-state index contributed by atoms with van der Waals surface area (Å²) in [5.41, 5.74) is -0.244. The van der Waals surface area contributed by atoms with Crippen molar-refractivity contribution in [1.29, 1.82) is 0 Å². The Balaban J connectivity index is 2.10. The van der Waals surface area contributed by atoms with Crippen LogP contribution in [0.2, 0.25) is 0 Å². The second-order valence-corrected chi connectivity index (χ2v) is 7.83. The number of non-ortho nitro benzene ring substituents is 1. The van der Waals surface area contributed by atoms with E-state index in [0.717, 1.165) is 19.2 Å². The van der Waals surface area contributed by atoms with E-state index in [1.807, 2.05) is 13.8 Å². The molecule has 2 rings (SSSR count). The number of nitro groups is 1. The van der Waals surface area contributed by atoms with E-state index >= 15 is 0 Å². The maximum Gasteiger partial charge on any atom is 0.270 e. The number of rotatable bonds is 7. The molecule has 1 aliphatic heterocycles. The molecule has 1 aromatic carbocycles. The number of sulfonamides is 1. The first-order valence-corrected chi connectivity index (χ1v) is 9.35. The van der Waals surface area contributed by atoms with E-state index in [1.165, 1.54) is 18.2 Å². The highest BCUT2D eigenvalue weighted by atomic mass is 32.2. The molecule has 0 amide bonds. The maximum absolute atomic E-state index is 12.4. The lowest BCUT2D eigenvalue weighted by Gasteiger charge is -2.36. The summed E-state index contributed by atoms with van der Waals surface area (Å²) in [6.45, 7) is 7.15. The van der Waals surface area contributed by atoms with Crippen molar-refractivity contribution < 1.29 is 18.1 Å². The van der Waals surface area contributed by atoms with E-state index in [2.05, 4.69) is 9.62 Å². The van der Waals surface area contributed by atoms with Gasteiger partial charge in [0.05, 0.1) is 23.0 Å². The van der Waals surface area contributed by atoms with Gasteiger partial charge in [-0.25, -0.2) is 13.1 Å². The number of benzene rings is 1. The summed E-state index contributed by atoms with van der Waals surface area (Å²) in [7, 11) is -3.80. The molecule has 1 aliphatic rings. The van der Waals surface area contributed by atoms with Crippen LogP contribution in [0.15, 0.2) is 29.2 Å². The monoisotopic (exact) mass is 357 g/mol. The molecule has 24 heavy (non-hydrogen) atoms. The largest absolute Gasteiger partial charge is 0.379 e. The molecule has 1 aromatic rings. The Bertz CT molecular complexity index is 671. The van der Waals surface area contributed by atoms with Gasteiger partial charge in [0, 0.05) is 37.8 Å². The van der Waals surface area contributed by atoms with Crippen LogP contribution >= 0.6 is 0 Å². The third-order valence-electron chi connectivity index (χ3n) is 4.11. The molecular weight excluding hydrogens is 334 g/mol. The average Bonchev–Trinajstić information content (AvgIpc) is 2.55. The van der Waals surface area contributed by atoms with Gasteiger partial charge in [0.1, 0.15) is 0 Å². The second-order valence-electron chi connectivity index (χ2n) is 6.07. The summed E-state index contributed by atoms with van der Waals surface area (Å²) in [5.74, 6) is 0.260. The first-order chi connectivity index (χ1) is 11.3. The normalized spacial score (nSPS) is 17.8. The Labute approximate surface area is 142 Å². The van der Waals surface area contributed by atoms with Crippen LogP contribution in [-0.2, 0) is 14.8 Å². The predicted molar refractivity (Wildman–Crippen MR) is 89.3 cm³/mol. The number of morpholine rings is 1. The van der Waals surface area contributed by atoms with E-state index < -0.39 is 14.9 Å². The van der Waals surface area contributed by atoms with Crippen molar-refractivity contribution in [1.82, 2.24) is 9.62 Å². The van der Waals surface area contributed by atoms with Gasteiger partial charge in [-0.1, -0.05) is 19.9 Å². The first-order valence-electron chi connectivity index (χ1n) is 7.87. The Kier molecular flexibility index (Phi) is 6.27. The van der Waals surface area contributed by atoms with Crippen molar-refractivity contribution in [3.63, 3.8) is 0 Å². The third kappa shape index (κ3) is 4.73. The van der Waals surface area contributed by atoms with Gasteiger partial charge < -0.3 is 4.74 Å². The zero-order valence-electron chi connectivity index (χ0n) is 13.8. The molecule has 0 saturated carbocycles. The predicted octanol–water partition coefficient (Wildman–Crippen LogP) is 1.23. The fraction of sp³-hybridized carbons (Fsp3) is 0.600. The number of nitrogens with zero attached hydrogens (tertiary/aromatic N) is 2. The van der Waals surface area contributed by atoms with Gasteiger partial charge in [-0.05, 0) is 12.0 Å².